The Kier molecular flexibility index (Phi) is 5.11. The molecule has 23 heavy (non-hydrogen) atoms. The third kappa shape index (κ3) is 4.17. The van der Waals surface area contributed by atoms with Crippen LogP contribution in [-0.4, -0.2) is 17.8 Å². The third-order valence-electron chi connectivity index (χ3n) is 3.22. The highest BCUT2D eigenvalue weighted by Gasteiger charge is 2.16. The molecule has 116 valence electrons. The Hall–Kier alpha value is -3.13. The maximum Gasteiger partial charge on any atom is 0.265 e. The van der Waals surface area contributed by atoms with Crippen molar-refractivity contribution in [2.24, 2.45) is 0 Å². The van der Waals surface area contributed by atoms with E-state index in [0.717, 1.165) is 0 Å². The van der Waals surface area contributed by atoms with E-state index in [-0.39, 0.29) is 11.7 Å². The Morgan fingerprint density at radius 1 is 1.17 bits per heavy atom. The fourth-order valence-corrected chi connectivity index (χ4v) is 1.97. The first kappa shape index (κ1) is 16.2. The molecule has 0 saturated carbocycles. The lowest BCUT2D eigenvalue weighted by Crippen LogP contribution is -2.30. The van der Waals surface area contributed by atoms with Gasteiger partial charge in [0.2, 0.25) is 0 Å². The van der Waals surface area contributed by atoms with Gasteiger partial charge in [0.1, 0.15) is 11.8 Å². The lowest BCUT2D eigenvalue weighted by molar-refractivity contribution is -0.122. The van der Waals surface area contributed by atoms with Crippen molar-refractivity contribution in [3.8, 4) is 11.8 Å². The lowest BCUT2D eigenvalue weighted by atomic mass is 10.1. The van der Waals surface area contributed by atoms with Crippen molar-refractivity contribution >= 4 is 17.4 Å². The molecule has 2 rings (SSSR count). The summed E-state index contributed by atoms with van der Waals surface area (Å²) >= 11 is 0. The Morgan fingerprint density at radius 3 is 2.61 bits per heavy atom. The van der Waals surface area contributed by atoms with Gasteiger partial charge in [0, 0.05) is 11.3 Å². The fraction of sp³-hybridized carbons (Fsp3) is 0.167. The number of carbonyl (C=O) groups is 2. The van der Waals surface area contributed by atoms with Crippen molar-refractivity contribution in [1.82, 2.24) is 0 Å². The minimum Gasteiger partial charge on any atom is -0.480 e. The van der Waals surface area contributed by atoms with E-state index < -0.39 is 6.10 Å². The molecule has 2 aromatic rings. The Morgan fingerprint density at radius 2 is 1.91 bits per heavy atom. The molecule has 0 aliphatic carbocycles. The van der Waals surface area contributed by atoms with Gasteiger partial charge < -0.3 is 10.1 Å². The molecular weight excluding hydrogens is 292 g/mol. The number of ether oxygens (including phenoxy) is 1. The molecule has 5 nitrogen and oxygen atoms in total. The molecule has 0 unspecified atom stereocenters. The Labute approximate surface area is 134 Å². The quantitative estimate of drug-likeness (QED) is 0.860. The zero-order chi connectivity index (χ0) is 16.8. The second-order valence-corrected chi connectivity index (χ2v) is 4.99. The molecule has 0 saturated heterocycles. The number of ketones is 1. The minimum absolute atomic E-state index is 0.0756. The zero-order valence-electron chi connectivity index (χ0n) is 12.9. The lowest BCUT2D eigenvalue weighted by Gasteiger charge is -2.15. The number of hydrogen-bond acceptors (Lipinski definition) is 4. The first-order valence-electron chi connectivity index (χ1n) is 7.09. The monoisotopic (exact) mass is 308 g/mol. The van der Waals surface area contributed by atoms with Gasteiger partial charge in [-0.3, -0.25) is 9.59 Å². The molecule has 5 heteroatoms. The van der Waals surface area contributed by atoms with Crippen LogP contribution in [0.4, 0.5) is 5.69 Å². The van der Waals surface area contributed by atoms with Crippen LogP contribution in [0.3, 0.4) is 0 Å². The second-order valence-electron chi connectivity index (χ2n) is 4.99. The van der Waals surface area contributed by atoms with Gasteiger partial charge in [-0.05, 0) is 38.1 Å². The molecule has 0 aliphatic rings. The van der Waals surface area contributed by atoms with Gasteiger partial charge in [0.25, 0.3) is 5.91 Å². The summed E-state index contributed by atoms with van der Waals surface area (Å²) in [7, 11) is 0. The molecule has 1 atom stereocenters. The van der Waals surface area contributed by atoms with Gasteiger partial charge in [-0.25, -0.2) is 0 Å². The number of nitriles is 1. The average molecular weight is 308 g/mol. The highest BCUT2D eigenvalue weighted by Crippen LogP contribution is 2.19. The van der Waals surface area contributed by atoms with E-state index in [1.807, 2.05) is 6.07 Å². The van der Waals surface area contributed by atoms with Gasteiger partial charge in [0.15, 0.2) is 11.9 Å². The predicted octanol–water partition coefficient (Wildman–Crippen LogP) is 3.17. The van der Waals surface area contributed by atoms with Crippen LogP contribution in [-0.2, 0) is 4.79 Å². The topological polar surface area (TPSA) is 79.2 Å². The largest absolute Gasteiger partial charge is 0.480 e. The van der Waals surface area contributed by atoms with Gasteiger partial charge in [0.05, 0.1) is 5.56 Å². The molecule has 0 aromatic heterocycles. The molecule has 1 amide bonds. The van der Waals surface area contributed by atoms with Crippen LogP contribution in [0.15, 0.2) is 48.5 Å². The van der Waals surface area contributed by atoms with Crippen LogP contribution in [0, 0.1) is 11.3 Å². The van der Waals surface area contributed by atoms with Crippen LogP contribution in [0.2, 0.25) is 0 Å². The number of anilines is 1. The highest BCUT2D eigenvalue weighted by atomic mass is 16.5. The summed E-state index contributed by atoms with van der Waals surface area (Å²) in [5, 5.41) is 11.7. The maximum absolute atomic E-state index is 12.2. The zero-order valence-corrected chi connectivity index (χ0v) is 12.9. The van der Waals surface area contributed by atoms with E-state index in [4.69, 9.17) is 10.00 Å². The van der Waals surface area contributed by atoms with E-state index in [1.165, 1.54) is 6.92 Å². The van der Waals surface area contributed by atoms with Crippen LogP contribution in [0.1, 0.15) is 29.8 Å². The first-order chi connectivity index (χ1) is 11.0. The maximum atomic E-state index is 12.2. The summed E-state index contributed by atoms with van der Waals surface area (Å²) in [6, 6.07) is 15.4. The van der Waals surface area contributed by atoms with Gasteiger partial charge in [-0.15, -0.1) is 0 Å². The van der Waals surface area contributed by atoms with E-state index in [2.05, 4.69) is 5.32 Å². The number of rotatable bonds is 5. The molecule has 1 N–H and O–H groups in total. The number of nitrogens with one attached hydrogen (secondary N) is 1. The van der Waals surface area contributed by atoms with Crippen LogP contribution in [0.25, 0.3) is 0 Å². The van der Waals surface area contributed by atoms with Crippen molar-refractivity contribution < 1.29 is 14.3 Å². The summed E-state index contributed by atoms with van der Waals surface area (Å²) in [6.07, 6.45) is -0.787. The van der Waals surface area contributed by atoms with Crippen molar-refractivity contribution in [3.63, 3.8) is 0 Å². The summed E-state index contributed by atoms with van der Waals surface area (Å²) in [6.45, 7) is 3.06. The van der Waals surface area contributed by atoms with Gasteiger partial charge >= 0.3 is 0 Å². The van der Waals surface area contributed by atoms with Crippen molar-refractivity contribution in [1.29, 1.82) is 5.26 Å². The second kappa shape index (κ2) is 7.23. The van der Waals surface area contributed by atoms with E-state index in [0.29, 0.717) is 22.6 Å². The number of carbonyl (C=O) groups excluding carboxylic acids is 2. The molecule has 0 fully saturated rings. The van der Waals surface area contributed by atoms with E-state index in [9.17, 15) is 9.59 Å². The van der Waals surface area contributed by atoms with E-state index in [1.54, 1.807) is 55.5 Å². The van der Waals surface area contributed by atoms with Crippen LogP contribution in [0.5, 0.6) is 5.75 Å². The van der Waals surface area contributed by atoms with Crippen LogP contribution < -0.4 is 10.1 Å². The van der Waals surface area contributed by atoms with Crippen LogP contribution >= 0.6 is 0 Å². The molecular formula is C18H16N2O3. The number of amides is 1. The molecule has 2 aromatic carbocycles. The Bertz CT molecular complexity index is 778. The predicted molar refractivity (Wildman–Crippen MR) is 86.3 cm³/mol. The number of benzene rings is 2. The first-order valence-corrected chi connectivity index (χ1v) is 7.09. The molecule has 0 aliphatic heterocycles. The summed E-state index contributed by atoms with van der Waals surface area (Å²) in [5.74, 6) is -0.0815. The number of Topliss-reactive ketones (excluding diaryl/α,β-unsaturated/α-hetero) is 1. The fourth-order valence-electron chi connectivity index (χ4n) is 1.97. The molecule has 0 bridgehead atoms. The standard InChI is InChI=1S/C18H16N2O3/c1-12(21)14-7-5-8-16(10-14)20-18(22)13(2)23-17-9-4-3-6-15(17)11-19/h3-10,13H,1-2H3,(H,20,22)/t13-/m0/s1. The molecule has 0 heterocycles. The third-order valence-corrected chi connectivity index (χ3v) is 3.22. The summed E-state index contributed by atoms with van der Waals surface area (Å²) in [4.78, 5) is 23.6. The molecule has 0 spiro atoms. The van der Waals surface area contributed by atoms with Crippen molar-refractivity contribution in [2.75, 3.05) is 5.32 Å². The minimum atomic E-state index is -0.787. The highest BCUT2D eigenvalue weighted by molar-refractivity contribution is 5.98. The number of para-hydroxylation sites is 1. The summed E-state index contributed by atoms with van der Waals surface area (Å²) < 4.78 is 5.55. The average Bonchev–Trinajstić information content (AvgIpc) is 2.55. The van der Waals surface area contributed by atoms with Gasteiger partial charge in [-0.1, -0.05) is 24.3 Å². The van der Waals surface area contributed by atoms with Crippen molar-refractivity contribution in [3.05, 3.63) is 59.7 Å². The number of hydrogen-bond donors (Lipinski definition) is 1. The SMILES string of the molecule is CC(=O)c1cccc(NC(=O)[C@H](C)Oc2ccccc2C#N)c1. The van der Waals surface area contributed by atoms with E-state index >= 15 is 0 Å². The normalized spacial score (nSPS) is 11.2. The summed E-state index contributed by atoms with van der Waals surface area (Å²) in [5.41, 5.74) is 1.41. The van der Waals surface area contributed by atoms with Crippen molar-refractivity contribution in [2.45, 2.75) is 20.0 Å². The molecule has 0 radical (unpaired) electrons. The van der Waals surface area contributed by atoms with Gasteiger partial charge in [-0.2, -0.15) is 5.26 Å². The number of nitrogens with zero attached hydrogens (tertiary/aromatic N) is 1. The Balaban J connectivity index is 2.07. The smallest absolute Gasteiger partial charge is 0.265 e.